The Labute approximate surface area is 123 Å². The molecule has 4 rings (SSSR count). The van der Waals surface area contributed by atoms with Gasteiger partial charge in [0.15, 0.2) is 5.65 Å². The molecule has 2 bridgehead atoms. The minimum Gasteiger partial charge on any atom is -0.310 e. The van der Waals surface area contributed by atoms with E-state index < -0.39 is 0 Å². The molecular weight excluding hydrogens is 266 g/mol. The molecule has 2 atom stereocenters. The Morgan fingerprint density at radius 2 is 2.10 bits per heavy atom. The van der Waals surface area contributed by atoms with Crippen molar-refractivity contribution in [3.05, 3.63) is 34.9 Å². The minimum atomic E-state index is -0.0416. The van der Waals surface area contributed by atoms with Crippen LogP contribution in [-0.2, 0) is 6.54 Å². The third-order valence-corrected chi connectivity index (χ3v) is 4.72. The van der Waals surface area contributed by atoms with Crippen molar-refractivity contribution in [1.29, 1.82) is 0 Å². The second kappa shape index (κ2) is 5.27. The van der Waals surface area contributed by atoms with E-state index in [-0.39, 0.29) is 5.69 Å². The van der Waals surface area contributed by atoms with E-state index >= 15 is 0 Å². The zero-order valence-electron chi connectivity index (χ0n) is 12.1. The van der Waals surface area contributed by atoms with Crippen molar-refractivity contribution in [1.82, 2.24) is 24.4 Å². The number of fused-ring (bicyclic) bond motifs is 3. The molecule has 2 aromatic rings. The highest BCUT2D eigenvalue weighted by molar-refractivity contribution is 5.35. The van der Waals surface area contributed by atoms with E-state index in [9.17, 15) is 4.79 Å². The van der Waals surface area contributed by atoms with E-state index in [1.165, 1.54) is 19.3 Å². The molecule has 2 aliphatic heterocycles. The molecule has 2 aliphatic rings. The van der Waals surface area contributed by atoms with Gasteiger partial charge in [-0.25, -0.2) is 9.48 Å². The van der Waals surface area contributed by atoms with E-state index in [1.54, 1.807) is 15.3 Å². The maximum atomic E-state index is 12.2. The average Bonchev–Trinajstić information content (AvgIpc) is 2.99. The Morgan fingerprint density at radius 1 is 1.19 bits per heavy atom. The summed E-state index contributed by atoms with van der Waals surface area (Å²) < 4.78 is 3.19. The van der Waals surface area contributed by atoms with Gasteiger partial charge in [0.2, 0.25) is 0 Å². The Hall–Kier alpha value is -1.66. The van der Waals surface area contributed by atoms with Crippen molar-refractivity contribution in [3.63, 3.8) is 0 Å². The van der Waals surface area contributed by atoms with Crippen LogP contribution in [-0.4, -0.2) is 50.8 Å². The van der Waals surface area contributed by atoms with Crippen molar-refractivity contribution in [2.75, 3.05) is 19.6 Å². The summed E-state index contributed by atoms with van der Waals surface area (Å²) in [5.74, 6) is 0. The molecule has 0 aliphatic carbocycles. The van der Waals surface area contributed by atoms with Gasteiger partial charge in [0, 0.05) is 31.4 Å². The van der Waals surface area contributed by atoms with E-state index in [2.05, 4.69) is 15.3 Å². The van der Waals surface area contributed by atoms with Crippen molar-refractivity contribution in [2.24, 2.45) is 0 Å². The van der Waals surface area contributed by atoms with Crippen LogP contribution in [0.2, 0.25) is 0 Å². The summed E-state index contributed by atoms with van der Waals surface area (Å²) in [6, 6.07) is 6.97. The maximum absolute atomic E-state index is 12.2. The molecule has 112 valence electrons. The molecule has 2 aromatic heterocycles. The van der Waals surface area contributed by atoms with Crippen LogP contribution in [0.5, 0.6) is 0 Å². The highest BCUT2D eigenvalue weighted by Crippen LogP contribution is 2.20. The van der Waals surface area contributed by atoms with Crippen LogP contribution in [0.4, 0.5) is 0 Å². The normalized spacial score (nSPS) is 26.3. The number of hydrogen-bond donors (Lipinski definition) is 1. The zero-order chi connectivity index (χ0) is 14.2. The lowest BCUT2D eigenvalue weighted by molar-refractivity contribution is 0.244. The van der Waals surface area contributed by atoms with Gasteiger partial charge in [-0.3, -0.25) is 9.30 Å². The summed E-state index contributed by atoms with van der Waals surface area (Å²) in [5, 5.41) is 8.08. The molecule has 2 unspecified atom stereocenters. The van der Waals surface area contributed by atoms with Crippen LogP contribution in [0.25, 0.3) is 5.65 Å². The highest BCUT2D eigenvalue weighted by Gasteiger charge is 2.28. The van der Waals surface area contributed by atoms with Gasteiger partial charge in [-0.05, 0) is 37.9 Å². The molecule has 0 radical (unpaired) electrons. The lowest BCUT2D eigenvalue weighted by Gasteiger charge is -2.23. The van der Waals surface area contributed by atoms with Gasteiger partial charge in [-0.1, -0.05) is 6.07 Å². The van der Waals surface area contributed by atoms with E-state index in [1.807, 2.05) is 18.2 Å². The number of nitrogens with zero attached hydrogens (tertiary/aromatic N) is 4. The van der Waals surface area contributed by atoms with Crippen LogP contribution in [0.1, 0.15) is 19.3 Å². The molecule has 0 amide bonds. The summed E-state index contributed by atoms with van der Waals surface area (Å²) in [5.41, 5.74) is 0.680. The van der Waals surface area contributed by atoms with Crippen molar-refractivity contribution in [3.8, 4) is 0 Å². The SMILES string of the molecule is O=c1n(CCN2CCC3CCC(C2)N3)nc2ccccn12. The highest BCUT2D eigenvalue weighted by atomic mass is 16.2. The largest absolute Gasteiger partial charge is 0.350 e. The quantitative estimate of drug-likeness (QED) is 0.883. The molecule has 2 fully saturated rings. The summed E-state index contributed by atoms with van der Waals surface area (Å²) in [7, 11) is 0. The number of aromatic nitrogens is 3. The van der Waals surface area contributed by atoms with E-state index in [4.69, 9.17) is 0 Å². The summed E-state index contributed by atoms with van der Waals surface area (Å²) in [4.78, 5) is 14.7. The molecule has 0 spiro atoms. The molecule has 0 aromatic carbocycles. The minimum absolute atomic E-state index is 0.0416. The lowest BCUT2D eigenvalue weighted by Crippen LogP contribution is -2.38. The van der Waals surface area contributed by atoms with Gasteiger partial charge in [0.25, 0.3) is 0 Å². The third-order valence-electron chi connectivity index (χ3n) is 4.72. The van der Waals surface area contributed by atoms with Crippen molar-refractivity contribution in [2.45, 2.75) is 37.9 Å². The maximum Gasteiger partial charge on any atom is 0.350 e. The van der Waals surface area contributed by atoms with Gasteiger partial charge < -0.3 is 5.32 Å². The Bertz CT molecular complexity index is 691. The monoisotopic (exact) mass is 287 g/mol. The average molecular weight is 287 g/mol. The third kappa shape index (κ3) is 2.49. The fourth-order valence-electron chi connectivity index (χ4n) is 3.57. The molecule has 2 saturated heterocycles. The van der Waals surface area contributed by atoms with Gasteiger partial charge in [-0.15, -0.1) is 5.10 Å². The van der Waals surface area contributed by atoms with Gasteiger partial charge in [0.1, 0.15) is 0 Å². The van der Waals surface area contributed by atoms with E-state index in [0.29, 0.717) is 18.6 Å². The topological polar surface area (TPSA) is 54.6 Å². The van der Waals surface area contributed by atoms with Gasteiger partial charge in [0.05, 0.1) is 6.54 Å². The fraction of sp³-hybridized carbons (Fsp3) is 0.600. The molecule has 6 heteroatoms. The Kier molecular flexibility index (Phi) is 3.27. The van der Waals surface area contributed by atoms with Crippen molar-refractivity contribution >= 4 is 5.65 Å². The van der Waals surface area contributed by atoms with Crippen LogP contribution in [0, 0.1) is 0 Å². The molecule has 1 N–H and O–H groups in total. The van der Waals surface area contributed by atoms with E-state index in [0.717, 1.165) is 25.3 Å². The smallest absolute Gasteiger partial charge is 0.310 e. The van der Waals surface area contributed by atoms with Crippen LogP contribution >= 0.6 is 0 Å². The molecule has 21 heavy (non-hydrogen) atoms. The van der Waals surface area contributed by atoms with Crippen LogP contribution < -0.4 is 11.0 Å². The van der Waals surface area contributed by atoms with Gasteiger partial charge in [-0.2, -0.15) is 0 Å². The first-order valence-corrected chi connectivity index (χ1v) is 7.82. The summed E-state index contributed by atoms with van der Waals surface area (Å²) in [6.45, 7) is 3.78. The zero-order valence-corrected chi connectivity index (χ0v) is 12.1. The van der Waals surface area contributed by atoms with Crippen LogP contribution in [0.3, 0.4) is 0 Å². The standard InChI is InChI=1S/C15H21N5O/c21-15-19-7-2-1-3-14(19)17-20(15)10-9-18-8-6-12-4-5-13(11-18)16-12/h1-3,7,12-13,16H,4-6,8-11H2. The fourth-order valence-corrected chi connectivity index (χ4v) is 3.57. The lowest BCUT2D eigenvalue weighted by atomic mass is 10.1. The Morgan fingerprint density at radius 3 is 3.00 bits per heavy atom. The summed E-state index contributed by atoms with van der Waals surface area (Å²) >= 11 is 0. The Balaban J connectivity index is 1.46. The first-order chi connectivity index (χ1) is 10.3. The number of nitrogens with one attached hydrogen (secondary N) is 1. The second-order valence-electron chi connectivity index (χ2n) is 6.16. The predicted octanol–water partition coefficient (Wildman–Crippen LogP) is 0.322. The van der Waals surface area contributed by atoms with Gasteiger partial charge >= 0.3 is 5.69 Å². The number of hydrogen-bond acceptors (Lipinski definition) is 4. The van der Waals surface area contributed by atoms with Crippen molar-refractivity contribution < 1.29 is 0 Å². The number of likely N-dealkylation sites (tertiary alicyclic amines) is 1. The van der Waals surface area contributed by atoms with Crippen LogP contribution in [0.15, 0.2) is 29.2 Å². The molecule has 6 nitrogen and oxygen atoms in total. The number of pyridine rings is 1. The second-order valence-corrected chi connectivity index (χ2v) is 6.16. The molecular formula is C15H21N5O. The molecule has 4 heterocycles. The summed E-state index contributed by atoms with van der Waals surface area (Å²) in [6.07, 6.45) is 5.60. The first kappa shape index (κ1) is 13.0. The first-order valence-electron chi connectivity index (χ1n) is 7.82. The number of rotatable bonds is 3. The molecule has 0 saturated carbocycles. The predicted molar refractivity (Wildman–Crippen MR) is 80.5 cm³/mol.